The van der Waals surface area contributed by atoms with E-state index in [1.807, 2.05) is 24.3 Å². The third kappa shape index (κ3) is 2.58. The van der Waals surface area contributed by atoms with Crippen molar-refractivity contribution in [1.82, 2.24) is 4.90 Å². The van der Waals surface area contributed by atoms with Crippen molar-refractivity contribution >= 4 is 22.3 Å². The van der Waals surface area contributed by atoms with Crippen molar-refractivity contribution in [3.05, 3.63) is 34.3 Å². The Morgan fingerprint density at radius 3 is 3.13 bits per heavy atom. The van der Waals surface area contributed by atoms with E-state index < -0.39 is 0 Å². The molecule has 1 fully saturated rings. The van der Waals surface area contributed by atoms with Gasteiger partial charge in [-0.1, -0.05) is 28.1 Å². The second-order valence-corrected chi connectivity index (χ2v) is 4.43. The first kappa shape index (κ1) is 10.6. The molecule has 0 saturated carbocycles. The van der Waals surface area contributed by atoms with Gasteiger partial charge < -0.3 is 9.64 Å². The van der Waals surface area contributed by atoms with Crippen LogP contribution in [0.5, 0.6) is 0 Å². The van der Waals surface area contributed by atoms with E-state index in [0.29, 0.717) is 19.7 Å². The summed E-state index contributed by atoms with van der Waals surface area (Å²) < 4.78 is 6.66. The highest BCUT2D eigenvalue weighted by Crippen LogP contribution is 2.23. The Bertz CT molecular complexity index is 356. The zero-order valence-corrected chi connectivity index (χ0v) is 9.81. The predicted molar refractivity (Wildman–Crippen MR) is 60.5 cm³/mol. The summed E-state index contributed by atoms with van der Waals surface area (Å²) in [6.45, 7) is 1.93. The molecular formula is C11H12BrNO2. The second kappa shape index (κ2) is 4.77. The van der Waals surface area contributed by atoms with Crippen LogP contribution in [0, 0.1) is 0 Å². The van der Waals surface area contributed by atoms with Crippen molar-refractivity contribution in [3.63, 3.8) is 0 Å². The second-order valence-electron chi connectivity index (χ2n) is 3.51. The maximum Gasteiger partial charge on any atom is 0.209 e. The first-order valence-corrected chi connectivity index (χ1v) is 5.65. The number of nitrogens with zero attached hydrogens (tertiary/aromatic N) is 1. The number of amides is 1. The van der Waals surface area contributed by atoms with E-state index >= 15 is 0 Å². The lowest BCUT2D eigenvalue weighted by molar-refractivity contribution is -0.125. The van der Waals surface area contributed by atoms with Gasteiger partial charge in [-0.05, 0) is 17.7 Å². The molecule has 1 unspecified atom stereocenters. The smallest absolute Gasteiger partial charge is 0.209 e. The van der Waals surface area contributed by atoms with E-state index in [2.05, 4.69) is 15.9 Å². The van der Waals surface area contributed by atoms with Gasteiger partial charge in [0.1, 0.15) is 6.10 Å². The van der Waals surface area contributed by atoms with Crippen LogP contribution >= 0.6 is 15.9 Å². The van der Waals surface area contributed by atoms with Crippen molar-refractivity contribution in [2.24, 2.45) is 0 Å². The first-order valence-electron chi connectivity index (χ1n) is 4.86. The van der Waals surface area contributed by atoms with Gasteiger partial charge in [-0.2, -0.15) is 0 Å². The normalized spacial score (nSPS) is 21.4. The summed E-state index contributed by atoms with van der Waals surface area (Å²) in [4.78, 5) is 12.4. The number of halogens is 1. The third-order valence-electron chi connectivity index (χ3n) is 2.47. The molecule has 4 heteroatoms. The highest BCUT2D eigenvalue weighted by Gasteiger charge is 2.20. The van der Waals surface area contributed by atoms with Gasteiger partial charge >= 0.3 is 0 Å². The Hall–Kier alpha value is -0.870. The van der Waals surface area contributed by atoms with Crippen molar-refractivity contribution in [2.45, 2.75) is 6.10 Å². The molecule has 15 heavy (non-hydrogen) atoms. The SMILES string of the molecule is O=CN1CCOC(c2cccc(Br)c2)C1. The third-order valence-corrected chi connectivity index (χ3v) is 2.96. The number of hydrogen-bond donors (Lipinski definition) is 0. The van der Waals surface area contributed by atoms with Crippen molar-refractivity contribution < 1.29 is 9.53 Å². The van der Waals surface area contributed by atoms with Crippen LogP contribution in [-0.2, 0) is 9.53 Å². The molecule has 0 aliphatic carbocycles. The van der Waals surface area contributed by atoms with Crippen molar-refractivity contribution in [1.29, 1.82) is 0 Å². The van der Waals surface area contributed by atoms with E-state index in [9.17, 15) is 4.79 Å². The average Bonchev–Trinajstić information content (AvgIpc) is 2.29. The first-order chi connectivity index (χ1) is 7.29. The van der Waals surface area contributed by atoms with Crippen LogP contribution in [0.1, 0.15) is 11.7 Å². The van der Waals surface area contributed by atoms with Crippen LogP contribution in [0.2, 0.25) is 0 Å². The molecule has 1 saturated heterocycles. The summed E-state index contributed by atoms with van der Waals surface area (Å²) in [6, 6.07) is 8.00. The molecule has 80 valence electrons. The fraction of sp³-hybridized carbons (Fsp3) is 0.364. The number of rotatable bonds is 2. The molecule has 1 aliphatic rings. The monoisotopic (exact) mass is 269 g/mol. The predicted octanol–water partition coefficient (Wildman–Crippen LogP) is 1.98. The molecule has 1 aromatic carbocycles. The summed E-state index contributed by atoms with van der Waals surface area (Å²) in [6.07, 6.45) is 0.884. The molecular weight excluding hydrogens is 258 g/mol. The zero-order valence-electron chi connectivity index (χ0n) is 8.23. The van der Waals surface area contributed by atoms with Crippen molar-refractivity contribution in [2.75, 3.05) is 19.7 Å². The van der Waals surface area contributed by atoms with E-state index in [1.54, 1.807) is 4.90 Å². The van der Waals surface area contributed by atoms with Gasteiger partial charge in [-0.15, -0.1) is 0 Å². The molecule has 1 atom stereocenters. The van der Waals surface area contributed by atoms with Gasteiger partial charge in [0, 0.05) is 11.0 Å². The molecule has 0 N–H and O–H groups in total. The van der Waals surface area contributed by atoms with Crippen LogP contribution < -0.4 is 0 Å². The topological polar surface area (TPSA) is 29.5 Å². The van der Waals surface area contributed by atoms with Crippen LogP contribution in [0.15, 0.2) is 28.7 Å². The number of carbonyl (C=O) groups is 1. The molecule has 0 spiro atoms. The standard InChI is InChI=1S/C11H12BrNO2/c12-10-3-1-2-9(6-10)11-7-13(8-14)4-5-15-11/h1-3,6,8,11H,4-5,7H2. The van der Waals surface area contributed by atoms with E-state index in [-0.39, 0.29) is 6.10 Å². The summed E-state index contributed by atoms with van der Waals surface area (Å²) in [5.74, 6) is 0. The molecule has 2 rings (SSSR count). The molecule has 0 radical (unpaired) electrons. The molecule has 1 amide bonds. The summed E-state index contributed by atoms with van der Waals surface area (Å²) in [7, 11) is 0. The zero-order chi connectivity index (χ0) is 10.7. The van der Waals surface area contributed by atoms with Gasteiger partial charge in [-0.25, -0.2) is 0 Å². The Kier molecular flexibility index (Phi) is 3.38. The lowest BCUT2D eigenvalue weighted by Crippen LogP contribution is -2.37. The van der Waals surface area contributed by atoms with E-state index in [4.69, 9.17) is 4.74 Å². The number of hydrogen-bond acceptors (Lipinski definition) is 2. The van der Waals surface area contributed by atoms with Crippen LogP contribution in [0.4, 0.5) is 0 Å². The average molecular weight is 270 g/mol. The fourth-order valence-corrected chi connectivity index (χ4v) is 2.09. The minimum Gasteiger partial charge on any atom is -0.370 e. The lowest BCUT2D eigenvalue weighted by Gasteiger charge is -2.30. The largest absolute Gasteiger partial charge is 0.370 e. The Morgan fingerprint density at radius 1 is 1.53 bits per heavy atom. The maximum atomic E-state index is 10.7. The minimum absolute atomic E-state index is 0.00134. The van der Waals surface area contributed by atoms with Gasteiger partial charge in [-0.3, -0.25) is 4.79 Å². The van der Waals surface area contributed by atoms with Crippen molar-refractivity contribution in [3.8, 4) is 0 Å². The number of morpholine rings is 1. The Morgan fingerprint density at radius 2 is 2.40 bits per heavy atom. The summed E-state index contributed by atoms with van der Waals surface area (Å²) >= 11 is 3.42. The minimum atomic E-state index is 0.00134. The molecule has 1 heterocycles. The molecule has 0 aromatic heterocycles. The van der Waals surface area contributed by atoms with Gasteiger partial charge in [0.15, 0.2) is 0 Å². The molecule has 1 aromatic rings. The quantitative estimate of drug-likeness (QED) is 0.769. The lowest BCUT2D eigenvalue weighted by atomic mass is 10.1. The summed E-state index contributed by atoms with van der Waals surface area (Å²) in [5, 5.41) is 0. The van der Waals surface area contributed by atoms with Crippen LogP contribution in [0.25, 0.3) is 0 Å². The highest BCUT2D eigenvalue weighted by molar-refractivity contribution is 9.10. The fourth-order valence-electron chi connectivity index (χ4n) is 1.67. The number of carbonyl (C=O) groups excluding carboxylic acids is 1. The number of ether oxygens (including phenoxy) is 1. The van der Waals surface area contributed by atoms with Gasteiger partial charge in [0.25, 0.3) is 0 Å². The molecule has 0 bridgehead atoms. The molecule has 1 aliphatic heterocycles. The Balaban J connectivity index is 2.13. The van der Waals surface area contributed by atoms with Crippen LogP contribution in [-0.4, -0.2) is 31.0 Å². The van der Waals surface area contributed by atoms with Gasteiger partial charge in [0.05, 0.1) is 13.2 Å². The highest BCUT2D eigenvalue weighted by atomic mass is 79.9. The Labute approximate surface area is 97.2 Å². The molecule has 3 nitrogen and oxygen atoms in total. The van der Waals surface area contributed by atoms with Gasteiger partial charge in [0.2, 0.25) is 6.41 Å². The van der Waals surface area contributed by atoms with E-state index in [0.717, 1.165) is 16.4 Å². The van der Waals surface area contributed by atoms with E-state index in [1.165, 1.54) is 0 Å². The number of benzene rings is 1. The maximum absolute atomic E-state index is 10.7. The van der Waals surface area contributed by atoms with Crippen LogP contribution in [0.3, 0.4) is 0 Å². The summed E-state index contributed by atoms with van der Waals surface area (Å²) in [5.41, 5.74) is 1.11.